The Hall–Kier alpha value is -2.10. The molecular weight excluding hydrogens is 424 g/mol. The van der Waals surface area contributed by atoms with E-state index >= 15 is 0 Å². The molecule has 152 valence electrons. The van der Waals surface area contributed by atoms with Gasteiger partial charge in [-0.05, 0) is 12.2 Å². The minimum atomic E-state index is -0.435. The van der Waals surface area contributed by atoms with E-state index in [0.29, 0.717) is 21.3 Å². The molecule has 2 heterocycles. The summed E-state index contributed by atoms with van der Waals surface area (Å²) in [4.78, 5) is 36.1. The minimum Gasteiger partial charge on any atom is -0.301 e. The number of hydrogen-bond acceptors (Lipinski definition) is 7. The normalized spacial score (nSPS) is 12.1. The van der Waals surface area contributed by atoms with E-state index in [2.05, 4.69) is 34.1 Å². The molecule has 6 nitrogen and oxygen atoms in total. The Morgan fingerprint density at radius 2 is 1.97 bits per heavy atom. The summed E-state index contributed by atoms with van der Waals surface area (Å²) in [6.07, 6.45) is 0. The molecule has 1 atom stereocenters. The fourth-order valence-corrected chi connectivity index (χ4v) is 4.57. The van der Waals surface area contributed by atoms with Crippen molar-refractivity contribution < 1.29 is 4.79 Å². The summed E-state index contributed by atoms with van der Waals surface area (Å²) in [5.74, 6) is 0.477. The Balaban J connectivity index is 1.62. The molecule has 0 spiro atoms. The van der Waals surface area contributed by atoms with E-state index in [4.69, 9.17) is 0 Å². The van der Waals surface area contributed by atoms with Crippen LogP contribution in [0.15, 0.2) is 51.7 Å². The van der Waals surface area contributed by atoms with E-state index in [-0.39, 0.29) is 11.5 Å². The van der Waals surface area contributed by atoms with Gasteiger partial charge in [-0.25, -0.2) is 9.97 Å². The van der Waals surface area contributed by atoms with Crippen molar-refractivity contribution in [3.05, 3.63) is 57.8 Å². The number of anilines is 1. The van der Waals surface area contributed by atoms with Gasteiger partial charge in [-0.3, -0.25) is 9.59 Å². The molecular formula is C20H22N4O2S3. The molecule has 2 aromatic heterocycles. The zero-order chi connectivity index (χ0) is 20.8. The lowest BCUT2D eigenvalue weighted by molar-refractivity contribution is -0.115. The molecule has 9 heteroatoms. The van der Waals surface area contributed by atoms with Crippen molar-refractivity contribution in [1.29, 1.82) is 0 Å². The first-order valence-electron chi connectivity index (χ1n) is 9.11. The summed E-state index contributed by atoms with van der Waals surface area (Å²) in [6, 6.07) is 11.3. The standard InChI is InChI=1S/C20H22N4O2S3/c1-12(2)27-10-15-9-17(25)23-20(21-15)29-13(3)18(26)24-19-22-16(11-28-19)14-7-5-4-6-8-14/h4-9,11-13H,10H2,1-3H3,(H,21,23,25)(H,22,24,26). The van der Waals surface area contributed by atoms with Crippen molar-refractivity contribution in [2.75, 3.05) is 5.32 Å². The van der Waals surface area contributed by atoms with Gasteiger partial charge >= 0.3 is 0 Å². The highest BCUT2D eigenvalue weighted by Gasteiger charge is 2.18. The van der Waals surface area contributed by atoms with E-state index in [9.17, 15) is 9.59 Å². The Morgan fingerprint density at radius 1 is 1.21 bits per heavy atom. The van der Waals surface area contributed by atoms with Crippen molar-refractivity contribution in [1.82, 2.24) is 15.0 Å². The lowest BCUT2D eigenvalue weighted by Gasteiger charge is -2.11. The van der Waals surface area contributed by atoms with E-state index in [1.165, 1.54) is 29.2 Å². The second-order valence-electron chi connectivity index (χ2n) is 6.55. The molecule has 3 rings (SSSR count). The molecule has 1 amide bonds. The number of hydrogen-bond donors (Lipinski definition) is 2. The van der Waals surface area contributed by atoms with Crippen molar-refractivity contribution in [3.8, 4) is 11.3 Å². The molecule has 2 N–H and O–H groups in total. The summed E-state index contributed by atoms with van der Waals surface area (Å²) in [5.41, 5.74) is 2.34. The number of aromatic amines is 1. The fourth-order valence-electron chi connectivity index (χ4n) is 2.37. The summed E-state index contributed by atoms with van der Waals surface area (Å²) in [6.45, 7) is 5.98. The van der Waals surface area contributed by atoms with Crippen molar-refractivity contribution in [2.45, 2.75) is 42.2 Å². The highest BCUT2D eigenvalue weighted by Crippen LogP contribution is 2.26. The monoisotopic (exact) mass is 446 g/mol. The van der Waals surface area contributed by atoms with Crippen LogP contribution in [0.3, 0.4) is 0 Å². The zero-order valence-corrected chi connectivity index (χ0v) is 18.8. The summed E-state index contributed by atoms with van der Waals surface area (Å²) < 4.78 is 0. The number of carbonyl (C=O) groups is 1. The molecule has 0 fully saturated rings. The first-order valence-corrected chi connectivity index (χ1v) is 11.9. The van der Waals surface area contributed by atoms with Crippen LogP contribution < -0.4 is 10.9 Å². The molecule has 3 aromatic rings. The second kappa shape index (κ2) is 10.1. The molecule has 0 aliphatic heterocycles. The van der Waals surface area contributed by atoms with Crippen LogP contribution in [-0.4, -0.2) is 31.4 Å². The molecule has 0 radical (unpaired) electrons. The van der Waals surface area contributed by atoms with E-state index in [1.54, 1.807) is 18.7 Å². The first kappa shape index (κ1) is 21.6. The topological polar surface area (TPSA) is 87.7 Å². The van der Waals surface area contributed by atoms with Crippen molar-refractivity contribution in [2.24, 2.45) is 0 Å². The van der Waals surface area contributed by atoms with Gasteiger partial charge in [0.25, 0.3) is 5.56 Å². The molecule has 1 aromatic carbocycles. The molecule has 0 saturated carbocycles. The van der Waals surface area contributed by atoms with Gasteiger partial charge in [0.1, 0.15) is 0 Å². The fraction of sp³-hybridized carbons (Fsp3) is 0.300. The maximum absolute atomic E-state index is 12.6. The number of carbonyl (C=O) groups excluding carboxylic acids is 1. The number of thioether (sulfide) groups is 2. The first-order chi connectivity index (χ1) is 13.9. The van der Waals surface area contributed by atoms with Crippen LogP contribution >= 0.6 is 34.9 Å². The minimum absolute atomic E-state index is 0.187. The summed E-state index contributed by atoms with van der Waals surface area (Å²) in [7, 11) is 0. The van der Waals surface area contributed by atoms with Gasteiger partial charge in [-0.2, -0.15) is 11.8 Å². The Morgan fingerprint density at radius 3 is 2.69 bits per heavy atom. The maximum Gasteiger partial charge on any atom is 0.251 e. The SMILES string of the molecule is CC(C)SCc1cc(=O)[nH]c(SC(C)C(=O)Nc2nc(-c3ccccc3)cs2)n1. The third-order valence-electron chi connectivity index (χ3n) is 3.80. The molecule has 0 aliphatic rings. The quantitative estimate of drug-likeness (QED) is 0.387. The second-order valence-corrected chi connectivity index (χ2v) is 10.3. The van der Waals surface area contributed by atoms with Crippen molar-refractivity contribution >= 4 is 45.9 Å². The van der Waals surface area contributed by atoms with Gasteiger partial charge < -0.3 is 10.3 Å². The number of benzene rings is 1. The zero-order valence-electron chi connectivity index (χ0n) is 16.3. The van der Waals surface area contributed by atoms with Crippen molar-refractivity contribution in [3.63, 3.8) is 0 Å². The summed E-state index contributed by atoms with van der Waals surface area (Å²) in [5, 5.41) is 5.77. The Bertz CT molecular complexity index is 1020. The van der Waals surface area contributed by atoms with E-state index < -0.39 is 5.25 Å². The van der Waals surface area contributed by atoms with Crippen LogP contribution in [0.5, 0.6) is 0 Å². The predicted octanol–water partition coefficient (Wildman–Crippen LogP) is 4.65. The van der Waals surface area contributed by atoms with E-state index in [1.807, 2.05) is 35.7 Å². The molecule has 0 saturated heterocycles. The largest absolute Gasteiger partial charge is 0.301 e. The van der Waals surface area contributed by atoms with E-state index in [0.717, 1.165) is 17.0 Å². The molecule has 1 unspecified atom stereocenters. The van der Waals surface area contributed by atoms with Gasteiger partial charge in [0.15, 0.2) is 10.3 Å². The number of thiazole rings is 1. The van der Waals surface area contributed by atoms with Gasteiger partial charge in [-0.1, -0.05) is 55.9 Å². The highest BCUT2D eigenvalue weighted by atomic mass is 32.2. The molecule has 0 aliphatic carbocycles. The predicted molar refractivity (Wildman–Crippen MR) is 123 cm³/mol. The Kier molecular flexibility index (Phi) is 7.51. The third-order valence-corrected chi connectivity index (χ3v) is 6.67. The average molecular weight is 447 g/mol. The third kappa shape index (κ3) is 6.45. The smallest absolute Gasteiger partial charge is 0.251 e. The van der Waals surface area contributed by atoms with Gasteiger partial charge in [0, 0.05) is 22.8 Å². The summed E-state index contributed by atoms with van der Waals surface area (Å²) >= 11 is 4.33. The molecule has 0 bridgehead atoms. The lowest BCUT2D eigenvalue weighted by atomic mass is 10.2. The lowest BCUT2D eigenvalue weighted by Crippen LogP contribution is -2.23. The number of rotatable bonds is 8. The van der Waals surface area contributed by atoms with Gasteiger partial charge in [0.05, 0.1) is 16.6 Å². The number of aromatic nitrogens is 3. The van der Waals surface area contributed by atoms with Crippen LogP contribution in [0.25, 0.3) is 11.3 Å². The number of amides is 1. The van der Waals surface area contributed by atoms with Crippen LogP contribution in [0, 0.1) is 0 Å². The van der Waals surface area contributed by atoms with Crippen LogP contribution in [0.2, 0.25) is 0 Å². The Labute approximate surface area is 182 Å². The van der Waals surface area contributed by atoms with Crippen LogP contribution in [0.1, 0.15) is 26.5 Å². The number of nitrogens with one attached hydrogen (secondary N) is 2. The highest BCUT2D eigenvalue weighted by molar-refractivity contribution is 8.00. The number of H-pyrrole nitrogens is 1. The van der Waals surface area contributed by atoms with Crippen LogP contribution in [-0.2, 0) is 10.5 Å². The number of nitrogens with zero attached hydrogens (tertiary/aromatic N) is 2. The van der Waals surface area contributed by atoms with Gasteiger partial charge in [-0.15, -0.1) is 11.3 Å². The average Bonchev–Trinajstić information content (AvgIpc) is 3.15. The maximum atomic E-state index is 12.6. The van der Waals surface area contributed by atoms with Crippen LogP contribution in [0.4, 0.5) is 5.13 Å². The van der Waals surface area contributed by atoms with Gasteiger partial charge in [0.2, 0.25) is 5.91 Å². The molecule has 29 heavy (non-hydrogen) atoms.